The number of nitrogens with one attached hydrogen (secondary N) is 2. The first-order valence-corrected chi connectivity index (χ1v) is 7.91. The predicted molar refractivity (Wildman–Crippen MR) is 91.1 cm³/mol. The molecule has 0 fully saturated rings. The first-order valence-electron chi connectivity index (χ1n) is 6.74. The summed E-state index contributed by atoms with van der Waals surface area (Å²) in [5.41, 5.74) is 0.916. The molecule has 0 aromatic heterocycles. The number of carbonyl (C=O) groups excluding carboxylic acids is 2. The molecule has 23 heavy (non-hydrogen) atoms. The lowest BCUT2D eigenvalue weighted by Crippen LogP contribution is -2.27. The number of amides is 2. The number of anilines is 1. The number of hydrogen-bond donors (Lipinski definition) is 2. The van der Waals surface area contributed by atoms with Crippen LogP contribution in [-0.2, 0) is 4.79 Å². The van der Waals surface area contributed by atoms with Crippen molar-refractivity contribution in [3.8, 4) is 0 Å². The van der Waals surface area contributed by atoms with E-state index in [1.807, 2.05) is 0 Å². The Kier molecular flexibility index (Phi) is 6.12. The van der Waals surface area contributed by atoms with Crippen LogP contribution in [0.15, 0.2) is 46.9 Å². The van der Waals surface area contributed by atoms with E-state index in [4.69, 9.17) is 11.6 Å². The van der Waals surface area contributed by atoms with Gasteiger partial charge in [-0.25, -0.2) is 4.39 Å². The Bertz CT molecular complexity index is 723. The summed E-state index contributed by atoms with van der Waals surface area (Å²) in [5, 5.41) is 5.17. The molecule has 7 heteroatoms. The smallest absolute Gasteiger partial charge is 0.251 e. The quantitative estimate of drug-likeness (QED) is 0.798. The highest BCUT2D eigenvalue weighted by molar-refractivity contribution is 9.10. The number of carbonyl (C=O) groups is 2. The minimum absolute atomic E-state index is 0.0636. The van der Waals surface area contributed by atoms with E-state index in [9.17, 15) is 14.0 Å². The van der Waals surface area contributed by atoms with E-state index in [-0.39, 0.29) is 29.8 Å². The van der Waals surface area contributed by atoms with Crippen LogP contribution in [0.4, 0.5) is 10.1 Å². The zero-order valence-electron chi connectivity index (χ0n) is 11.9. The summed E-state index contributed by atoms with van der Waals surface area (Å²) in [5.74, 6) is -1.11. The Morgan fingerprint density at radius 1 is 1.13 bits per heavy atom. The van der Waals surface area contributed by atoms with Gasteiger partial charge in [0.25, 0.3) is 5.91 Å². The van der Waals surface area contributed by atoms with Crippen LogP contribution in [0.25, 0.3) is 0 Å². The van der Waals surface area contributed by atoms with Crippen molar-refractivity contribution in [2.45, 2.75) is 6.42 Å². The van der Waals surface area contributed by atoms with Gasteiger partial charge >= 0.3 is 0 Å². The van der Waals surface area contributed by atoms with Crippen molar-refractivity contribution in [1.82, 2.24) is 5.32 Å². The van der Waals surface area contributed by atoms with Crippen molar-refractivity contribution in [3.63, 3.8) is 0 Å². The van der Waals surface area contributed by atoms with Crippen LogP contribution in [-0.4, -0.2) is 18.4 Å². The zero-order valence-corrected chi connectivity index (χ0v) is 14.2. The Balaban J connectivity index is 1.79. The number of hydrogen-bond acceptors (Lipinski definition) is 2. The van der Waals surface area contributed by atoms with E-state index >= 15 is 0 Å². The van der Waals surface area contributed by atoms with Gasteiger partial charge in [-0.15, -0.1) is 0 Å². The summed E-state index contributed by atoms with van der Waals surface area (Å²) in [7, 11) is 0. The highest BCUT2D eigenvalue weighted by Crippen LogP contribution is 2.19. The summed E-state index contributed by atoms with van der Waals surface area (Å²) in [6, 6.07) is 10.8. The van der Waals surface area contributed by atoms with Crippen molar-refractivity contribution >= 4 is 45.0 Å². The molecule has 4 nitrogen and oxygen atoms in total. The fraction of sp³-hybridized carbons (Fsp3) is 0.125. The van der Waals surface area contributed by atoms with Crippen molar-refractivity contribution in [3.05, 3.63) is 63.3 Å². The number of halogens is 3. The second kappa shape index (κ2) is 8.08. The third-order valence-corrected chi connectivity index (χ3v) is 3.77. The predicted octanol–water partition coefficient (Wildman–Crippen LogP) is 4.00. The normalized spacial score (nSPS) is 10.2. The van der Waals surface area contributed by atoms with Crippen LogP contribution in [0.1, 0.15) is 16.8 Å². The third-order valence-electron chi connectivity index (χ3n) is 2.95. The molecule has 120 valence electrons. The molecule has 2 amide bonds. The van der Waals surface area contributed by atoms with Crippen molar-refractivity contribution in [1.29, 1.82) is 0 Å². The SMILES string of the molecule is O=C(CCNC(=O)c1ccc(Br)cc1)Nc1ccc(F)c(Cl)c1. The fourth-order valence-electron chi connectivity index (χ4n) is 1.79. The lowest BCUT2D eigenvalue weighted by molar-refractivity contribution is -0.116. The highest BCUT2D eigenvalue weighted by Gasteiger charge is 2.08. The number of rotatable bonds is 5. The van der Waals surface area contributed by atoms with Crippen LogP contribution in [0.3, 0.4) is 0 Å². The Morgan fingerprint density at radius 2 is 1.83 bits per heavy atom. The molecule has 0 bridgehead atoms. The molecule has 0 aliphatic heterocycles. The molecule has 0 heterocycles. The average Bonchev–Trinajstić information content (AvgIpc) is 2.51. The van der Waals surface area contributed by atoms with Crippen LogP contribution in [0.2, 0.25) is 5.02 Å². The molecule has 2 aromatic carbocycles. The molecule has 0 spiro atoms. The monoisotopic (exact) mass is 398 g/mol. The minimum Gasteiger partial charge on any atom is -0.352 e. The summed E-state index contributed by atoms with van der Waals surface area (Å²) in [6.07, 6.45) is 0.0945. The summed E-state index contributed by atoms with van der Waals surface area (Å²) in [6.45, 7) is 0.190. The molecule has 0 saturated heterocycles. The average molecular weight is 400 g/mol. The van der Waals surface area contributed by atoms with Crippen molar-refractivity contribution in [2.75, 3.05) is 11.9 Å². The first kappa shape index (κ1) is 17.4. The van der Waals surface area contributed by atoms with E-state index in [0.29, 0.717) is 11.3 Å². The molecule has 2 N–H and O–H groups in total. The van der Waals surface area contributed by atoms with Crippen LogP contribution in [0, 0.1) is 5.82 Å². The molecule has 0 aliphatic rings. The van der Waals surface area contributed by atoms with E-state index < -0.39 is 5.82 Å². The van der Waals surface area contributed by atoms with Gasteiger partial charge in [0.05, 0.1) is 5.02 Å². The van der Waals surface area contributed by atoms with Crippen molar-refractivity contribution < 1.29 is 14.0 Å². The molecule has 0 radical (unpaired) electrons. The molecule has 0 aliphatic carbocycles. The van der Waals surface area contributed by atoms with Gasteiger partial charge in [-0.05, 0) is 42.5 Å². The third kappa shape index (κ3) is 5.33. The lowest BCUT2D eigenvalue weighted by Gasteiger charge is -2.07. The molecular formula is C16H13BrClFN2O2. The van der Waals surface area contributed by atoms with E-state index in [1.165, 1.54) is 18.2 Å². The molecule has 0 unspecified atom stereocenters. The van der Waals surface area contributed by atoms with Crippen LogP contribution >= 0.6 is 27.5 Å². The first-order chi connectivity index (χ1) is 11.0. The standard InChI is InChI=1S/C16H13BrClFN2O2/c17-11-3-1-10(2-4-11)16(23)20-8-7-15(22)21-12-5-6-14(19)13(18)9-12/h1-6,9H,7-8H2,(H,20,23)(H,21,22). The fourth-order valence-corrected chi connectivity index (χ4v) is 2.24. The second-order valence-electron chi connectivity index (χ2n) is 4.69. The zero-order chi connectivity index (χ0) is 16.8. The number of benzene rings is 2. The summed E-state index contributed by atoms with van der Waals surface area (Å²) in [4.78, 5) is 23.6. The summed E-state index contributed by atoms with van der Waals surface area (Å²) < 4.78 is 13.9. The van der Waals surface area contributed by atoms with Gasteiger partial charge in [0, 0.05) is 28.7 Å². The highest BCUT2D eigenvalue weighted by atomic mass is 79.9. The Morgan fingerprint density at radius 3 is 2.48 bits per heavy atom. The van der Waals surface area contributed by atoms with Crippen molar-refractivity contribution in [2.24, 2.45) is 0 Å². The van der Waals surface area contributed by atoms with Gasteiger partial charge < -0.3 is 10.6 Å². The van der Waals surface area contributed by atoms with Gasteiger partial charge in [-0.2, -0.15) is 0 Å². The van der Waals surface area contributed by atoms with Gasteiger partial charge in [-0.1, -0.05) is 27.5 Å². The maximum absolute atomic E-state index is 13.0. The van der Waals surface area contributed by atoms with Gasteiger partial charge in [0.2, 0.25) is 5.91 Å². The second-order valence-corrected chi connectivity index (χ2v) is 6.01. The van der Waals surface area contributed by atoms with Gasteiger partial charge in [0.1, 0.15) is 5.82 Å². The van der Waals surface area contributed by atoms with E-state index in [1.54, 1.807) is 24.3 Å². The van der Waals surface area contributed by atoms with Crippen LogP contribution in [0.5, 0.6) is 0 Å². The Hall–Kier alpha value is -1.92. The minimum atomic E-state index is -0.550. The molecule has 0 saturated carbocycles. The lowest BCUT2D eigenvalue weighted by atomic mass is 10.2. The van der Waals surface area contributed by atoms with E-state index in [0.717, 1.165) is 4.47 Å². The van der Waals surface area contributed by atoms with E-state index in [2.05, 4.69) is 26.6 Å². The van der Waals surface area contributed by atoms with Gasteiger partial charge in [-0.3, -0.25) is 9.59 Å². The topological polar surface area (TPSA) is 58.2 Å². The Labute approximate surface area is 146 Å². The largest absolute Gasteiger partial charge is 0.352 e. The maximum Gasteiger partial charge on any atom is 0.251 e. The van der Waals surface area contributed by atoms with Crippen LogP contribution < -0.4 is 10.6 Å². The molecule has 2 rings (SSSR count). The summed E-state index contributed by atoms with van der Waals surface area (Å²) >= 11 is 8.93. The molecule has 0 atom stereocenters. The molecular weight excluding hydrogens is 387 g/mol. The maximum atomic E-state index is 13.0. The molecule has 2 aromatic rings. The van der Waals surface area contributed by atoms with Gasteiger partial charge in [0.15, 0.2) is 0 Å².